The van der Waals surface area contributed by atoms with Gasteiger partial charge in [0.2, 0.25) is 5.91 Å². The summed E-state index contributed by atoms with van der Waals surface area (Å²) >= 11 is 3.31. The first kappa shape index (κ1) is 18.7. The third kappa shape index (κ3) is 5.44. The average molecular weight is 383 g/mol. The van der Waals surface area contributed by atoms with Crippen molar-refractivity contribution in [2.45, 2.75) is 18.6 Å². The van der Waals surface area contributed by atoms with Crippen molar-refractivity contribution in [2.75, 3.05) is 12.3 Å². The second-order valence-electron chi connectivity index (χ2n) is 5.97. The predicted molar refractivity (Wildman–Crippen MR) is 111 cm³/mol. The minimum atomic E-state index is 0.0683. The van der Waals surface area contributed by atoms with Gasteiger partial charge in [0.05, 0.1) is 21.7 Å². The predicted octanol–water partition coefficient (Wildman–Crippen LogP) is 4.63. The fraction of sp³-hybridized carbons (Fsp3) is 0.238. The zero-order valence-electron chi connectivity index (χ0n) is 14.7. The third-order valence-electron chi connectivity index (χ3n) is 3.96. The van der Waals surface area contributed by atoms with E-state index in [-0.39, 0.29) is 11.2 Å². The van der Waals surface area contributed by atoms with Crippen LogP contribution in [0.3, 0.4) is 0 Å². The fourth-order valence-corrected chi connectivity index (χ4v) is 4.47. The number of hydrogen-bond acceptors (Lipinski definition) is 4. The Morgan fingerprint density at radius 1 is 1.08 bits per heavy atom. The zero-order chi connectivity index (χ0) is 18.2. The normalized spacial score (nSPS) is 10.8. The highest BCUT2D eigenvalue weighted by molar-refractivity contribution is 8.00. The molecule has 0 saturated carbocycles. The van der Waals surface area contributed by atoms with E-state index in [9.17, 15) is 4.79 Å². The standard InChI is InChI=1S/C21H22N2OS2/c1-16-23-19(14-25-16)12-13-22-20(24)15-26-21(17-8-4-2-5-9-17)18-10-6-3-7-11-18/h2-11,14,21H,12-13,15H2,1H3,(H,22,24). The average Bonchev–Trinajstić information content (AvgIpc) is 3.09. The largest absolute Gasteiger partial charge is 0.355 e. The number of benzene rings is 2. The summed E-state index contributed by atoms with van der Waals surface area (Å²) in [6.07, 6.45) is 0.779. The first-order valence-corrected chi connectivity index (χ1v) is 10.5. The van der Waals surface area contributed by atoms with E-state index in [0.29, 0.717) is 12.3 Å². The number of carbonyl (C=O) groups excluding carboxylic acids is 1. The Bertz CT molecular complexity index is 779. The van der Waals surface area contributed by atoms with Crippen LogP contribution in [0.25, 0.3) is 0 Å². The first-order chi connectivity index (χ1) is 12.7. The van der Waals surface area contributed by atoms with Gasteiger partial charge < -0.3 is 5.32 Å². The van der Waals surface area contributed by atoms with E-state index in [4.69, 9.17) is 0 Å². The molecule has 0 fully saturated rings. The zero-order valence-corrected chi connectivity index (χ0v) is 16.4. The lowest BCUT2D eigenvalue weighted by Gasteiger charge is -2.17. The number of thioether (sulfide) groups is 1. The molecular weight excluding hydrogens is 360 g/mol. The molecule has 0 atom stereocenters. The number of aryl methyl sites for hydroxylation is 1. The molecule has 1 amide bonds. The summed E-state index contributed by atoms with van der Waals surface area (Å²) in [6, 6.07) is 20.7. The number of nitrogens with zero attached hydrogens (tertiary/aromatic N) is 1. The number of amides is 1. The molecule has 0 saturated heterocycles. The Kier molecular flexibility index (Phi) is 6.86. The fourth-order valence-electron chi connectivity index (χ4n) is 2.70. The van der Waals surface area contributed by atoms with E-state index in [2.05, 4.69) is 39.9 Å². The number of hydrogen-bond donors (Lipinski definition) is 1. The summed E-state index contributed by atoms with van der Waals surface area (Å²) in [5.41, 5.74) is 3.48. The van der Waals surface area contributed by atoms with Gasteiger partial charge in [-0.3, -0.25) is 4.79 Å². The molecular formula is C21H22N2OS2. The SMILES string of the molecule is Cc1nc(CCNC(=O)CSC(c2ccccc2)c2ccccc2)cs1. The molecule has 3 rings (SSSR count). The lowest BCUT2D eigenvalue weighted by atomic mass is 10.0. The van der Waals surface area contributed by atoms with Crippen LogP contribution in [-0.2, 0) is 11.2 Å². The number of rotatable bonds is 8. The molecule has 0 aliphatic carbocycles. The van der Waals surface area contributed by atoms with E-state index in [1.807, 2.05) is 43.3 Å². The van der Waals surface area contributed by atoms with Gasteiger partial charge in [-0.1, -0.05) is 60.7 Å². The van der Waals surface area contributed by atoms with Crippen molar-refractivity contribution in [2.24, 2.45) is 0 Å². The lowest BCUT2D eigenvalue weighted by Crippen LogP contribution is -2.27. The van der Waals surface area contributed by atoms with E-state index >= 15 is 0 Å². The Balaban J connectivity index is 1.55. The summed E-state index contributed by atoms with van der Waals surface area (Å²) in [6.45, 7) is 2.63. The van der Waals surface area contributed by atoms with Crippen LogP contribution >= 0.6 is 23.1 Å². The van der Waals surface area contributed by atoms with Crippen molar-refractivity contribution in [3.63, 3.8) is 0 Å². The second kappa shape index (κ2) is 9.55. The van der Waals surface area contributed by atoms with Crippen molar-refractivity contribution in [1.29, 1.82) is 0 Å². The summed E-state index contributed by atoms with van der Waals surface area (Å²) in [5.74, 6) is 0.503. The van der Waals surface area contributed by atoms with Gasteiger partial charge in [0.1, 0.15) is 0 Å². The van der Waals surface area contributed by atoms with Crippen molar-refractivity contribution in [3.05, 3.63) is 87.9 Å². The van der Waals surface area contributed by atoms with Gasteiger partial charge in [-0.25, -0.2) is 4.98 Å². The van der Waals surface area contributed by atoms with Crippen LogP contribution in [-0.4, -0.2) is 23.2 Å². The molecule has 1 heterocycles. The maximum atomic E-state index is 12.3. The molecule has 3 nitrogen and oxygen atoms in total. The van der Waals surface area contributed by atoms with Crippen molar-refractivity contribution < 1.29 is 4.79 Å². The van der Waals surface area contributed by atoms with E-state index in [0.717, 1.165) is 17.1 Å². The van der Waals surface area contributed by atoms with Crippen LogP contribution in [0.4, 0.5) is 0 Å². The molecule has 1 aromatic heterocycles. The Hall–Kier alpha value is -2.11. The van der Waals surface area contributed by atoms with Gasteiger partial charge in [0, 0.05) is 18.3 Å². The smallest absolute Gasteiger partial charge is 0.230 e. The maximum Gasteiger partial charge on any atom is 0.230 e. The van der Waals surface area contributed by atoms with Crippen LogP contribution in [0.15, 0.2) is 66.0 Å². The van der Waals surface area contributed by atoms with Crippen LogP contribution in [0.1, 0.15) is 27.1 Å². The van der Waals surface area contributed by atoms with Gasteiger partial charge in [0.15, 0.2) is 0 Å². The van der Waals surface area contributed by atoms with Crippen molar-refractivity contribution in [1.82, 2.24) is 10.3 Å². The molecule has 3 aromatic rings. The number of carbonyl (C=O) groups is 1. The minimum Gasteiger partial charge on any atom is -0.355 e. The van der Waals surface area contributed by atoms with E-state index in [1.165, 1.54) is 11.1 Å². The van der Waals surface area contributed by atoms with Crippen LogP contribution in [0.2, 0.25) is 0 Å². The maximum absolute atomic E-state index is 12.3. The van der Waals surface area contributed by atoms with Gasteiger partial charge >= 0.3 is 0 Å². The molecule has 0 aliphatic heterocycles. The van der Waals surface area contributed by atoms with Crippen LogP contribution in [0.5, 0.6) is 0 Å². The quantitative estimate of drug-likeness (QED) is 0.617. The van der Waals surface area contributed by atoms with Gasteiger partial charge in [-0.2, -0.15) is 0 Å². The van der Waals surface area contributed by atoms with Crippen molar-refractivity contribution in [3.8, 4) is 0 Å². The van der Waals surface area contributed by atoms with Gasteiger partial charge in [-0.15, -0.1) is 23.1 Å². The second-order valence-corrected chi connectivity index (χ2v) is 8.13. The molecule has 0 spiro atoms. The highest BCUT2D eigenvalue weighted by Crippen LogP contribution is 2.35. The Labute approximate surface area is 162 Å². The van der Waals surface area contributed by atoms with Gasteiger partial charge in [0.25, 0.3) is 0 Å². The molecule has 0 aliphatic rings. The number of aromatic nitrogens is 1. The molecule has 5 heteroatoms. The molecule has 134 valence electrons. The number of nitrogens with one attached hydrogen (secondary N) is 1. The van der Waals surface area contributed by atoms with Gasteiger partial charge in [-0.05, 0) is 18.1 Å². The monoisotopic (exact) mass is 382 g/mol. The molecule has 26 heavy (non-hydrogen) atoms. The summed E-state index contributed by atoms with van der Waals surface area (Å²) in [4.78, 5) is 16.7. The first-order valence-electron chi connectivity index (χ1n) is 8.61. The molecule has 0 bridgehead atoms. The van der Waals surface area contributed by atoms with Crippen LogP contribution in [0, 0.1) is 6.92 Å². The summed E-state index contributed by atoms with van der Waals surface area (Å²) < 4.78 is 0. The lowest BCUT2D eigenvalue weighted by molar-refractivity contribution is -0.118. The van der Waals surface area contributed by atoms with Crippen LogP contribution < -0.4 is 5.32 Å². The molecule has 2 aromatic carbocycles. The minimum absolute atomic E-state index is 0.0683. The molecule has 1 N–H and O–H groups in total. The third-order valence-corrected chi connectivity index (χ3v) is 6.08. The Morgan fingerprint density at radius 3 is 2.23 bits per heavy atom. The van der Waals surface area contributed by atoms with E-state index in [1.54, 1.807) is 23.1 Å². The Morgan fingerprint density at radius 2 is 1.69 bits per heavy atom. The summed E-state index contributed by atoms with van der Waals surface area (Å²) in [7, 11) is 0. The molecule has 0 unspecified atom stereocenters. The highest BCUT2D eigenvalue weighted by atomic mass is 32.2. The topological polar surface area (TPSA) is 42.0 Å². The molecule has 0 radical (unpaired) electrons. The van der Waals surface area contributed by atoms with Crippen molar-refractivity contribution >= 4 is 29.0 Å². The van der Waals surface area contributed by atoms with E-state index < -0.39 is 0 Å². The number of thiazole rings is 1. The summed E-state index contributed by atoms with van der Waals surface area (Å²) in [5, 5.41) is 6.28. The highest BCUT2D eigenvalue weighted by Gasteiger charge is 2.16.